The normalized spacial score (nSPS) is 21.1. The molecule has 0 aliphatic carbocycles. The van der Waals surface area contributed by atoms with Crippen LogP contribution in [0.3, 0.4) is 0 Å². The van der Waals surface area contributed by atoms with Gasteiger partial charge in [0.2, 0.25) is 0 Å². The van der Waals surface area contributed by atoms with Gasteiger partial charge in [0.15, 0.2) is 0 Å². The van der Waals surface area contributed by atoms with Crippen LogP contribution in [-0.4, -0.2) is 32.5 Å². The molecule has 0 amide bonds. The van der Waals surface area contributed by atoms with Crippen molar-refractivity contribution in [1.82, 2.24) is 0 Å². The molecular weight excluding hydrogens is 338 g/mol. The second-order valence-corrected chi connectivity index (χ2v) is 8.32. The van der Waals surface area contributed by atoms with Gasteiger partial charge in [0, 0.05) is 0 Å². The Labute approximate surface area is 148 Å². The van der Waals surface area contributed by atoms with Crippen LogP contribution in [0.1, 0.15) is 19.4 Å². The van der Waals surface area contributed by atoms with Crippen molar-refractivity contribution in [3.63, 3.8) is 0 Å². The highest BCUT2D eigenvalue weighted by Crippen LogP contribution is 2.31. The third kappa shape index (κ3) is 3.69. The number of benzene rings is 2. The van der Waals surface area contributed by atoms with E-state index in [2.05, 4.69) is 4.40 Å². The molecule has 132 valence electrons. The van der Waals surface area contributed by atoms with E-state index in [9.17, 15) is 8.42 Å². The summed E-state index contributed by atoms with van der Waals surface area (Å²) >= 11 is 0. The minimum absolute atomic E-state index is 0.209. The molecule has 2 aromatic rings. The average molecular weight is 359 g/mol. The number of ether oxygens (including phenoxy) is 2. The first-order valence-corrected chi connectivity index (χ1v) is 9.53. The summed E-state index contributed by atoms with van der Waals surface area (Å²) in [6.07, 6.45) is 0.107. The summed E-state index contributed by atoms with van der Waals surface area (Å²) in [6, 6.07) is 17.9. The Hall–Kier alpha value is -2.34. The van der Waals surface area contributed by atoms with Gasteiger partial charge in [-0.25, -0.2) is 8.42 Å². The van der Waals surface area contributed by atoms with Crippen LogP contribution >= 0.6 is 0 Å². The van der Waals surface area contributed by atoms with Gasteiger partial charge >= 0.3 is 6.08 Å². The van der Waals surface area contributed by atoms with Gasteiger partial charge < -0.3 is 9.47 Å². The second-order valence-electron chi connectivity index (χ2n) is 6.54. The van der Waals surface area contributed by atoms with Gasteiger partial charge in [-0.3, -0.25) is 0 Å². The van der Waals surface area contributed by atoms with Gasteiger partial charge in [-0.1, -0.05) is 59.0 Å². The zero-order chi connectivity index (χ0) is 18.1. The Morgan fingerprint density at radius 3 is 2.40 bits per heavy atom. The molecule has 1 atom stereocenters. The second kappa shape index (κ2) is 6.52. The van der Waals surface area contributed by atoms with Crippen LogP contribution in [0.15, 0.2) is 59.0 Å². The van der Waals surface area contributed by atoms with Crippen LogP contribution in [0.2, 0.25) is 0 Å². The molecule has 1 heterocycles. The molecule has 0 fully saturated rings. The van der Waals surface area contributed by atoms with Crippen LogP contribution in [0.25, 0.3) is 11.1 Å². The molecule has 0 bridgehead atoms. The van der Waals surface area contributed by atoms with Crippen molar-refractivity contribution >= 4 is 16.1 Å². The first-order chi connectivity index (χ1) is 11.8. The summed E-state index contributed by atoms with van der Waals surface area (Å²) in [6.45, 7) is 3.48. The van der Waals surface area contributed by atoms with E-state index in [-0.39, 0.29) is 6.08 Å². The SMILES string of the molecule is COC1=NS(=O)(=O)C(Cc2cccc(-c3ccccc3)c2)C(C)(C)O1. The summed E-state index contributed by atoms with van der Waals surface area (Å²) in [5.74, 6) is 0. The maximum absolute atomic E-state index is 12.6. The minimum atomic E-state index is -3.73. The number of rotatable bonds is 3. The lowest BCUT2D eigenvalue weighted by atomic mass is 9.95. The molecule has 0 saturated heterocycles. The van der Waals surface area contributed by atoms with Crippen molar-refractivity contribution < 1.29 is 17.9 Å². The van der Waals surface area contributed by atoms with Gasteiger partial charge in [-0.2, -0.15) is 0 Å². The predicted molar refractivity (Wildman–Crippen MR) is 97.9 cm³/mol. The molecule has 1 aliphatic heterocycles. The fourth-order valence-corrected chi connectivity index (χ4v) is 4.60. The Bertz CT molecular complexity index is 889. The maximum Gasteiger partial charge on any atom is 0.399 e. The smallest absolute Gasteiger partial charge is 0.399 e. The van der Waals surface area contributed by atoms with Crippen LogP contribution < -0.4 is 0 Å². The summed E-state index contributed by atoms with van der Waals surface area (Å²) in [5, 5.41) is -0.787. The van der Waals surface area contributed by atoms with E-state index in [4.69, 9.17) is 9.47 Å². The van der Waals surface area contributed by atoms with E-state index in [1.54, 1.807) is 13.8 Å². The number of nitrogens with zero attached hydrogens (tertiary/aromatic N) is 1. The summed E-state index contributed by atoms with van der Waals surface area (Å²) in [5.41, 5.74) is 2.12. The summed E-state index contributed by atoms with van der Waals surface area (Å²) in [7, 11) is -2.39. The van der Waals surface area contributed by atoms with Gasteiger partial charge in [-0.05, 0) is 37.0 Å². The lowest BCUT2D eigenvalue weighted by molar-refractivity contribution is 0.0445. The number of methoxy groups -OCH3 is 1. The summed E-state index contributed by atoms with van der Waals surface area (Å²) in [4.78, 5) is 0. The van der Waals surface area contributed by atoms with Crippen molar-refractivity contribution in [3.8, 4) is 11.1 Å². The molecule has 1 aliphatic rings. The van der Waals surface area contributed by atoms with Crippen LogP contribution in [-0.2, 0) is 25.9 Å². The Kier molecular flexibility index (Phi) is 4.56. The lowest BCUT2D eigenvalue weighted by Gasteiger charge is -2.35. The zero-order valence-electron chi connectivity index (χ0n) is 14.5. The predicted octanol–water partition coefficient (Wildman–Crippen LogP) is 3.41. The standard InChI is InChI=1S/C19H21NO4S/c1-19(2)17(25(21,22)20-18(23-3)24-19)13-14-8-7-11-16(12-14)15-9-5-4-6-10-15/h4-12,17H,13H2,1-3H3. The molecular formula is C19H21NO4S. The van der Waals surface area contributed by atoms with E-state index in [1.165, 1.54) is 7.11 Å². The molecule has 1 unspecified atom stereocenters. The number of sulfonamides is 1. The Morgan fingerprint density at radius 2 is 1.76 bits per heavy atom. The molecule has 2 aromatic carbocycles. The largest absolute Gasteiger partial charge is 0.453 e. The Balaban J connectivity index is 1.93. The highest BCUT2D eigenvalue weighted by molar-refractivity contribution is 7.91. The molecule has 5 nitrogen and oxygen atoms in total. The molecule has 0 aromatic heterocycles. The molecule has 0 spiro atoms. The molecule has 0 N–H and O–H groups in total. The quantitative estimate of drug-likeness (QED) is 0.842. The maximum atomic E-state index is 12.6. The first-order valence-electron chi connectivity index (χ1n) is 8.03. The Morgan fingerprint density at radius 1 is 1.08 bits per heavy atom. The van der Waals surface area contributed by atoms with E-state index < -0.39 is 20.9 Å². The van der Waals surface area contributed by atoms with Crippen molar-refractivity contribution in [2.75, 3.05) is 7.11 Å². The van der Waals surface area contributed by atoms with Crippen molar-refractivity contribution in [2.45, 2.75) is 31.1 Å². The fourth-order valence-electron chi connectivity index (χ4n) is 2.99. The van der Waals surface area contributed by atoms with Crippen LogP contribution in [0.4, 0.5) is 0 Å². The molecule has 3 rings (SSSR count). The lowest BCUT2D eigenvalue weighted by Crippen LogP contribution is -2.50. The van der Waals surface area contributed by atoms with E-state index in [1.807, 2.05) is 54.6 Å². The van der Waals surface area contributed by atoms with Gasteiger partial charge in [0.1, 0.15) is 10.9 Å². The van der Waals surface area contributed by atoms with Crippen LogP contribution in [0, 0.1) is 0 Å². The van der Waals surface area contributed by atoms with Gasteiger partial charge in [-0.15, -0.1) is 0 Å². The highest BCUT2D eigenvalue weighted by atomic mass is 32.2. The summed E-state index contributed by atoms with van der Waals surface area (Å²) < 4.78 is 39.3. The van der Waals surface area contributed by atoms with Gasteiger partial charge in [0.25, 0.3) is 10.0 Å². The molecule has 0 radical (unpaired) electrons. The zero-order valence-corrected chi connectivity index (χ0v) is 15.3. The van der Waals surface area contributed by atoms with E-state index >= 15 is 0 Å². The minimum Gasteiger partial charge on any atom is -0.453 e. The van der Waals surface area contributed by atoms with E-state index in [0.29, 0.717) is 6.42 Å². The van der Waals surface area contributed by atoms with Gasteiger partial charge in [0.05, 0.1) is 7.11 Å². The molecule has 6 heteroatoms. The average Bonchev–Trinajstić information content (AvgIpc) is 2.58. The topological polar surface area (TPSA) is 65.0 Å². The number of hydrogen-bond acceptors (Lipinski definition) is 4. The first kappa shape index (κ1) is 17.5. The molecule has 0 saturated carbocycles. The van der Waals surface area contributed by atoms with Crippen molar-refractivity contribution in [3.05, 3.63) is 60.2 Å². The fraction of sp³-hybridized carbons (Fsp3) is 0.316. The monoisotopic (exact) mass is 359 g/mol. The van der Waals surface area contributed by atoms with Crippen molar-refractivity contribution in [2.24, 2.45) is 4.40 Å². The molecule has 25 heavy (non-hydrogen) atoms. The van der Waals surface area contributed by atoms with Crippen LogP contribution in [0.5, 0.6) is 0 Å². The van der Waals surface area contributed by atoms with Crippen molar-refractivity contribution in [1.29, 1.82) is 0 Å². The third-order valence-corrected chi connectivity index (χ3v) is 6.17. The third-order valence-electron chi connectivity index (χ3n) is 4.32. The van der Waals surface area contributed by atoms with E-state index in [0.717, 1.165) is 16.7 Å². The highest BCUT2D eigenvalue weighted by Gasteiger charge is 2.46. The number of hydrogen-bond donors (Lipinski definition) is 0.